The molecule has 0 atom stereocenters. The molecule has 3 nitrogen and oxygen atoms in total. The van der Waals surface area contributed by atoms with Crippen molar-refractivity contribution in [2.45, 2.75) is 0 Å². The third-order valence-electron chi connectivity index (χ3n) is 8.64. The lowest BCUT2D eigenvalue weighted by Crippen LogP contribution is -2.03. The Balaban J connectivity index is 1.38. The van der Waals surface area contributed by atoms with E-state index in [1.165, 1.54) is 45.7 Å². The minimum absolute atomic E-state index is 0.690. The number of rotatable bonds is 2. The fourth-order valence-corrected chi connectivity index (χ4v) is 9.33. The molecule has 5 heteroatoms. The molecular formula is C38H21N3S2. The van der Waals surface area contributed by atoms with Gasteiger partial charge in [0.15, 0.2) is 0 Å². The van der Waals surface area contributed by atoms with Gasteiger partial charge in [-0.1, -0.05) is 97.1 Å². The van der Waals surface area contributed by atoms with Crippen LogP contribution in [0.4, 0.5) is 0 Å². The van der Waals surface area contributed by atoms with Gasteiger partial charge in [0.25, 0.3) is 0 Å². The van der Waals surface area contributed by atoms with Crippen molar-refractivity contribution < 1.29 is 0 Å². The summed E-state index contributed by atoms with van der Waals surface area (Å²) in [6, 6.07) is 45.5. The number of aromatic nitrogens is 3. The third-order valence-corrected chi connectivity index (χ3v) is 11.0. The van der Waals surface area contributed by atoms with Crippen LogP contribution in [0.15, 0.2) is 127 Å². The summed E-state index contributed by atoms with van der Waals surface area (Å²) in [5.41, 5.74) is 5.23. The van der Waals surface area contributed by atoms with E-state index >= 15 is 0 Å². The second-order valence-corrected chi connectivity index (χ2v) is 13.4. The molecule has 0 amide bonds. The molecule has 10 aromatic rings. The highest BCUT2D eigenvalue weighted by Gasteiger charge is 2.20. The summed E-state index contributed by atoms with van der Waals surface area (Å²) in [4.78, 5) is 10.7. The van der Waals surface area contributed by atoms with Crippen molar-refractivity contribution in [1.82, 2.24) is 14.5 Å². The molecule has 0 radical (unpaired) electrons. The lowest BCUT2D eigenvalue weighted by Gasteiger charge is -2.13. The highest BCUT2D eigenvalue weighted by Crippen LogP contribution is 2.46. The fourth-order valence-electron chi connectivity index (χ4n) is 6.71. The summed E-state index contributed by atoms with van der Waals surface area (Å²) in [5.74, 6) is 0.690. The molecule has 0 aliphatic carbocycles. The molecule has 200 valence electrons. The Labute approximate surface area is 253 Å². The van der Waals surface area contributed by atoms with Crippen molar-refractivity contribution in [1.29, 1.82) is 0 Å². The lowest BCUT2D eigenvalue weighted by molar-refractivity contribution is 1.02. The maximum absolute atomic E-state index is 5.36. The first kappa shape index (κ1) is 23.5. The third kappa shape index (κ3) is 3.29. The maximum atomic E-state index is 5.36. The molecule has 43 heavy (non-hydrogen) atoms. The van der Waals surface area contributed by atoms with Gasteiger partial charge in [-0.3, -0.25) is 4.57 Å². The molecule has 6 aromatic carbocycles. The van der Waals surface area contributed by atoms with E-state index in [0.29, 0.717) is 5.95 Å². The van der Waals surface area contributed by atoms with Crippen molar-refractivity contribution in [2.75, 3.05) is 0 Å². The normalized spacial score (nSPS) is 12.2. The Bertz CT molecular complexity index is 2730. The first-order valence-corrected chi connectivity index (χ1v) is 16.0. The molecule has 0 aliphatic heterocycles. The van der Waals surface area contributed by atoms with Crippen molar-refractivity contribution in [3.05, 3.63) is 127 Å². The zero-order valence-corrected chi connectivity index (χ0v) is 24.4. The van der Waals surface area contributed by atoms with E-state index in [9.17, 15) is 0 Å². The molecule has 0 bridgehead atoms. The largest absolute Gasteiger partial charge is 0.278 e. The number of para-hydroxylation sites is 1. The predicted molar refractivity (Wildman–Crippen MR) is 185 cm³/mol. The van der Waals surface area contributed by atoms with Crippen LogP contribution in [-0.2, 0) is 0 Å². The monoisotopic (exact) mass is 583 g/mol. The predicted octanol–water partition coefficient (Wildman–Crippen LogP) is 11.1. The lowest BCUT2D eigenvalue weighted by atomic mass is 10.0. The van der Waals surface area contributed by atoms with Crippen LogP contribution in [0.25, 0.3) is 90.3 Å². The molecule has 0 fully saturated rings. The molecular weight excluding hydrogens is 563 g/mol. The van der Waals surface area contributed by atoms with E-state index in [1.807, 2.05) is 22.7 Å². The van der Waals surface area contributed by atoms with Crippen LogP contribution in [0, 0.1) is 0 Å². The summed E-state index contributed by atoms with van der Waals surface area (Å²) in [6.07, 6.45) is 0. The van der Waals surface area contributed by atoms with Crippen LogP contribution in [0.3, 0.4) is 0 Å². The molecule has 0 spiro atoms. The molecule has 4 heterocycles. The van der Waals surface area contributed by atoms with Crippen molar-refractivity contribution in [3.8, 4) is 17.2 Å². The standard InChI is InChI=1S/C38H21N3S2/c1-2-11-23(12-3-1)35-27-19-18-22-10-4-5-13-24(22)36(27)40-38(39-35)41-30-16-8-6-14-25(30)28-21-33-29(20-31(28)41)34-26-15-7-9-17-32(26)42-37(34)43-33/h1-21H. The van der Waals surface area contributed by atoms with Gasteiger partial charge in [0.1, 0.15) is 0 Å². The van der Waals surface area contributed by atoms with E-state index in [4.69, 9.17) is 9.97 Å². The summed E-state index contributed by atoms with van der Waals surface area (Å²) < 4.78 is 6.30. The topological polar surface area (TPSA) is 30.7 Å². The Morgan fingerprint density at radius 2 is 1.23 bits per heavy atom. The van der Waals surface area contributed by atoms with E-state index in [0.717, 1.165) is 38.6 Å². The second-order valence-electron chi connectivity index (χ2n) is 11.0. The van der Waals surface area contributed by atoms with E-state index < -0.39 is 0 Å². The van der Waals surface area contributed by atoms with E-state index in [-0.39, 0.29) is 0 Å². The number of nitrogens with zero attached hydrogens (tertiary/aromatic N) is 3. The van der Waals surface area contributed by atoms with Gasteiger partial charge in [-0.15, -0.1) is 22.7 Å². The van der Waals surface area contributed by atoms with Gasteiger partial charge in [0.05, 0.1) is 26.3 Å². The van der Waals surface area contributed by atoms with Crippen LogP contribution in [0.1, 0.15) is 0 Å². The van der Waals surface area contributed by atoms with Gasteiger partial charge >= 0.3 is 0 Å². The van der Waals surface area contributed by atoms with E-state index in [2.05, 4.69) is 132 Å². The van der Waals surface area contributed by atoms with Gasteiger partial charge in [-0.2, -0.15) is 0 Å². The number of hydrogen-bond donors (Lipinski definition) is 0. The quantitative estimate of drug-likeness (QED) is 0.190. The molecule has 0 unspecified atom stereocenters. The second kappa shape index (κ2) is 8.71. The maximum Gasteiger partial charge on any atom is 0.235 e. The average molecular weight is 584 g/mol. The minimum Gasteiger partial charge on any atom is -0.278 e. The molecule has 0 N–H and O–H groups in total. The Kier molecular flexibility index (Phi) is 4.75. The van der Waals surface area contributed by atoms with Crippen molar-refractivity contribution >= 4 is 95.7 Å². The van der Waals surface area contributed by atoms with Gasteiger partial charge in [0.2, 0.25) is 5.95 Å². The van der Waals surface area contributed by atoms with Gasteiger partial charge in [0, 0.05) is 52.7 Å². The van der Waals surface area contributed by atoms with Crippen LogP contribution in [0.2, 0.25) is 0 Å². The van der Waals surface area contributed by atoms with Crippen LogP contribution in [0.5, 0.6) is 0 Å². The van der Waals surface area contributed by atoms with Crippen molar-refractivity contribution in [3.63, 3.8) is 0 Å². The number of fused-ring (bicyclic) bond motifs is 11. The Hall–Kier alpha value is -5.10. The summed E-state index contributed by atoms with van der Waals surface area (Å²) in [5, 5.41) is 9.78. The minimum atomic E-state index is 0.690. The number of hydrogen-bond acceptors (Lipinski definition) is 4. The molecule has 0 saturated carbocycles. The first-order chi connectivity index (χ1) is 21.3. The Morgan fingerprint density at radius 3 is 2.14 bits per heavy atom. The number of benzene rings is 6. The van der Waals surface area contributed by atoms with Crippen LogP contribution < -0.4 is 0 Å². The van der Waals surface area contributed by atoms with E-state index in [1.54, 1.807) is 0 Å². The van der Waals surface area contributed by atoms with Crippen molar-refractivity contribution in [2.24, 2.45) is 0 Å². The average Bonchev–Trinajstić information content (AvgIpc) is 3.71. The first-order valence-electron chi connectivity index (χ1n) is 14.3. The molecule has 4 aromatic heterocycles. The number of thiophene rings is 2. The fraction of sp³-hybridized carbons (Fsp3) is 0. The summed E-state index contributed by atoms with van der Waals surface area (Å²) in [7, 11) is 0. The smallest absolute Gasteiger partial charge is 0.235 e. The van der Waals surface area contributed by atoms with Gasteiger partial charge < -0.3 is 0 Å². The molecule has 0 aliphatic rings. The highest BCUT2D eigenvalue weighted by molar-refractivity contribution is 7.44. The van der Waals surface area contributed by atoms with Crippen LogP contribution >= 0.6 is 22.7 Å². The summed E-state index contributed by atoms with van der Waals surface area (Å²) >= 11 is 3.79. The van der Waals surface area contributed by atoms with Gasteiger partial charge in [-0.25, -0.2) is 9.97 Å². The zero-order chi connectivity index (χ0) is 28.1. The van der Waals surface area contributed by atoms with Gasteiger partial charge in [-0.05, 0) is 35.7 Å². The van der Waals surface area contributed by atoms with Crippen LogP contribution in [-0.4, -0.2) is 14.5 Å². The Morgan fingerprint density at radius 1 is 0.488 bits per heavy atom. The molecule has 10 rings (SSSR count). The highest BCUT2D eigenvalue weighted by atomic mass is 32.2. The SMILES string of the molecule is c1ccc(-c2nc(-n3c4ccccc4c4cc5sc6sc7ccccc7c6c5cc43)nc3c2ccc2ccccc23)cc1. The summed E-state index contributed by atoms with van der Waals surface area (Å²) in [6.45, 7) is 0. The zero-order valence-electron chi connectivity index (χ0n) is 22.8. The molecule has 0 saturated heterocycles.